The number of ether oxygens (including phenoxy) is 1. The highest BCUT2D eigenvalue weighted by Crippen LogP contribution is 2.28. The van der Waals surface area contributed by atoms with Gasteiger partial charge in [0.1, 0.15) is 17.3 Å². The molecule has 1 amide bonds. The number of aromatic nitrogens is 6. The molecule has 1 aliphatic heterocycles. The van der Waals surface area contributed by atoms with Crippen LogP contribution in [0.25, 0.3) is 27.6 Å². The number of fused-ring (bicyclic) bond motifs is 3. The summed E-state index contributed by atoms with van der Waals surface area (Å²) in [4.78, 5) is 38.3. The Balaban J connectivity index is 1.31. The van der Waals surface area contributed by atoms with Crippen LogP contribution in [0.4, 0.5) is 11.6 Å². The van der Waals surface area contributed by atoms with Crippen molar-refractivity contribution in [2.24, 2.45) is 0 Å². The van der Waals surface area contributed by atoms with E-state index in [1.165, 1.54) is 4.90 Å². The number of nitrogen functional groups attached to an aromatic ring is 1. The molecule has 0 bridgehead atoms. The summed E-state index contributed by atoms with van der Waals surface area (Å²) in [6.07, 6.45) is 2.18. The molecule has 4 aromatic heterocycles. The summed E-state index contributed by atoms with van der Waals surface area (Å²) in [6.45, 7) is 0.410. The minimum Gasteiger partial charge on any atom is -0.382 e. The Kier molecular flexibility index (Phi) is 4.79. The second-order valence-electron chi connectivity index (χ2n) is 7.91. The number of aliphatic hydroxyl groups excluding tert-OH is 1. The number of H-pyrrole nitrogens is 1. The number of anilines is 2. The second kappa shape index (κ2) is 8.00. The summed E-state index contributed by atoms with van der Waals surface area (Å²) in [5.41, 5.74) is 6.42. The SMILES string of the molecule is Nc1noc2c1ccc1[nH]c(C(O)[C@H]3OCCN(c4ccn(-c5ccncc5)n4)C3=O)nc(=O)c12. The number of rotatable bonds is 4. The van der Waals surface area contributed by atoms with E-state index >= 15 is 0 Å². The number of hydrogen-bond donors (Lipinski definition) is 3. The van der Waals surface area contributed by atoms with Gasteiger partial charge in [-0.15, -0.1) is 5.10 Å². The Hall–Kier alpha value is -4.62. The number of carbonyl (C=O) groups excluding carboxylic acids is 1. The van der Waals surface area contributed by atoms with Gasteiger partial charge < -0.3 is 25.1 Å². The van der Waals surface area contributed by atoms with Gasteiger partial charge in [-0.05, 0) is 24.3 Å². The fourth-order valence-corrected chi connectivity index (χ4v) is 4.11. The molecule has 5 aromatic rings. The Morgan fingerprint density at radius 2 is 2.00 bits per heavy atom. The average molecular weight is 474 g/mol. The largest absolute Gasteiger partial charge is 0.382 e. The molecule has 0 saturated carbocycles. The van der Waals surface area contributed by atoms with Crippen LogP contribution in [0.3, 0.4) is 0 Å². The molecule has 4 N–H and O–H groups in total. The van der Waals surface area contributed by atoms with Crippen LogP contribution in [0.5, 0.6) is 0 Å². The van der Waals surface area contributed by atoms with Gasteiger partial charge in [-0.2, -0.15) is 4.98 Å². The summed E-state index contributed by atoms with van der Waals surface area (Å²) in [5.74, 6) is -0.0718. The van der Waals surface area contributed by atoms with E-state index < -0.39 is 23.7 Å². The van der Waals surface area contributed by atoms with Gasteiger partial charge in [-0.3, -0.25) is 19.5 Å². The Morgan fingerprint density at radius 3 is 2.83 bits per heavy atom. The molecule has 1 fully saturated rings. The third-order valence-corrected chi connectivity index (χ3v) is 5.83. The predicted molar refractivity (Wildman–Crippen MR) is 123 cm³/mol. The predicted octanol–water partition coefficient (Wildman–Crippen LogP) is 0.693. The number of nitrogens with zero attached hydrogens (tertiary/aromatic N) is 6. The van der Waals surface area contributed by atoms with Gasteiger partial charge in [0.2, 0.25) is 0 Å². The average Bonchev–Trinajstić information content (AvgIpc) is 3.51. The first-order valence-corrected chi connectivity index (χ1v) is 10.7. The topological polar surface area (TPSA) is 178 Å². The van der Waals surface area contributed by atoms with Gasteiger partial charge in [0.15, 0.2) is 23.3 Å². The number of benzene rings is 1. The van der Waals surface area contributed by atoms with Gasteiger partial charge >= 0.3 is 0 Å². The number of carbonyl (C=O) groups is 1. The minimum absolute atomic E-state index is 0.114. The maximum absolute atomic E-state index is 13.2. The Morgan fingerprint density at radius 1 is 1.17 bits per heavy atom. The van der Waals surface area contributed by atoms with Crippen molar-refractivity contribution >= 4 is 39.4 Å². The zero-order valence-corrected chi connectivity index (χ0v) is 18.0. The standard InChI is InChI=1S/C22H18N8O5/c23-19-12-1-2-13-15(17(12)35-28-19)21(32)26-20(25-13)16(31)18-22(33)29(9-10-34-18)14-5-8-30(27-14)11-3-6-24-7-4-11/h1-8,16,18,31H,9-10H2,(H2,23,28)(H,25,26,32)/t16?,18-/m1/s1. The van der Waals surface area contributed by atoms with Crippen LogP contribution in [-0.4, -0.2) is 60.2 Å². The van der Waals surface area contributed by atoms with E-state index in [2.05, 4.69) is 25.2 Å². The monoisotopic (exact) mass is 474 g/mol. The number of pyridine rings is 1. The molecule has 176 valence electrons. The van der Waals surface area contributed by atoms with Gasteiger partial charge in [0, 0.05) is 24.7 Å². The van der Waals surface area contributed by atoms with Crippen LogP contribution in [0.2, 0.25) is 0 Å². The summed E-state index contributed by atoms with van der Waals surface area (Å²) < 4.78 is 12.4. The first-order valence-electron chi connectivity index (χ1n) is 10.7. The fourth-order valence-electron chi connectivity index (χ4n) is 4.11. The van der Waals surface area contributed by atoms with Crippen LogP contribution in [0, 0.1) is 0 Å². The lowest BCUT2D eigenvalue weighted by atomic mass is 10.1. The lowest BCUT2D eigenvalue weighted by Crippen LogP contribution is -2.50. The van der Waals surface area contributed by atoms with Crippen molar-refractivity contribution in [3.8, 4) is 5.69 Å². The molecule has 0 spiro atoms. The fraction of sp³-hybridized carbons (Fsp3) is 0.182. The second-order valence-corrected chi connectivity index (χ2v) is 7.91. The van der Waals surface area contributed by atoms with E-state index in [4.69, 9.17) is 15.0 Å². The molecular formula is C22H18N8O5. The molecule has 0 aliphatic carbocycles. The van der Waals surface area contributed by atoms with Crippen molar-refractivity contribution in [1.29, 1.82) is 0 Å². The number of nitrogens with two attached hydrogens (primary N) is 1. The zero-order chi connectivity index (χ0) is 24.1. The first kappa shape index (κ1) is 20.9. The molecule has 0 radical (unpaired) electrons. The summed E-state index contributed by atoms with van der Waals surface area (Å²) >= 11 is 0. The Labute approximate surface area is 195 Å². The normalized spacial score (nSPS) is 17.3. The van der Waals surface area contributed by atoms with Gasteiger partial charge in [-0.25, -0.2) is 4.68 Å². The smallest absolute Gasteiger partial charge is 0.284 e. The van der Waals surface area contributed by atoms with Crippen LogP contribution >= 0.6 is 0 Å². The highest BCUT2D eigenvalue weighted by atomic mass is 16.5. The number of morpholine rings is 1. The molecule has 6 rings (SSSR count). The maximum atomic E-state index is 13.2. The number of amides is 1. The molecule has 13 heteroatoms. The van der Waals surface area contributed by atoms with E-state index in [9.17, 15) is 14.7 Å². The van der Waals surface area contributed by atoms with Crippen molar-refractivity contribution in [3.63, 3.8) is 0 Å². The summed E-state index contributed by atoms with van der Waals surface area (Å²) in [7, 11) is 0. The maximum Gasteiger partial charge on any atom is 0.284 e. The lowest BCUT2D eigenvalue weighted by Gasteiger charge is -2.32. The number of nitrogens with one attached hydrogen (secondary N) is 1. The molecule has 1 saturated heterocycles. The molecule has 1 aromatic carbocycles. The van der Waals surface area contributed by atoms with Crippen molar-refractivity contribution < 1.29 is 19.2 Å². The molecule has 5 heterocycles. The molecule has 13 nitrogen and oxygen atoms in total. The van der Waals surface area contributed by atoms with Crippen LogP contribution < -0.4 is 16.2 Å². The van der Waals surface area contributed by atoms with Gasteiger partial charge in [-0.1, -0.05) is 5.16 Å². The van der Waals surface area contributed by atoms with Crippen LogP contribution in [0.1, 0.15) is 11.9 Å². The number of aliphatic hydroxyl groups is 1. The van der Waals surface area contributed by atoms with E-state index in [1.807, 2.05) is 0 Å². The molecule has 1 aliphatic rings. The Bertz CT molecular complexity index is 1630. The lowest BCUT2D eigenvalue weighted by molar-refractivity contribution is -0.143. The highest BCUT2D eigenvalue weighted by molar-refractivity contribution is 6.05. The number of aromatic amines is 1. The van der Waals surface area contributed by atoms with E-state index in [1.54, 1.807) is 53.6 Å². The summed E-state index contributed by atoms with van der Waals surface area (Å²) in [6, 6.07) is 8.50. The van der Waals surface area contributed by atoms with E-state index in [0.717, 1.165) is 5.69 Å². The number of hydrogen-bond acceptors (Lipinski definition) is 10. The molecule has 2 atom stereocenters. The minimum atomic E-state index is -1.53. The summed E-state index contributed by atoms with van der Waals surface area (Å²) in [5, 5.41) is 19.7. The third kappa shape index (κ3) is 3.41. The van der Waals surface area contributed by atoms with Crippen LogP contribution in [-0.2, 0) is 9.53 Å². The zero-order valence-electron chi connectivity index (χ0n) is 18.0. The van der Waals surface area contributed by atoms with E-state index in [-0.39, 0.29) is 35.8 Å². The first-order chi connectivity index (χ1) is 17.0. The van der Waals surface area contributed by atoms with Crippen molar-refractivity contribution in [1.82, 2.24) is 29.9 Å². The molecule has 35 heavy (non-hydrogen) atoms. The molecular weight excluding hydrogens is 456 g/mol. The van der Waals surface area contributed by atoms with Crippen molar-refractivity contribution in [2.75, 3.05) is 23.8 Å². The van der Waals surface area contributed by atoms with Gasteiger partial charge in [0.05, 0.1) is 29.7 Å². The van der Waals surface area contributed by atoms with Crippen LogP contribution in [0.15, 0.2) is 58.2 Å². The van der Waals surface area contributed by atoms with Gasteiger partial charge in [0.25, 0.3) is 11.5 Å². The highest BCUT2D eigenvalue weighted by Gasteiger charge is 2.38. The third-order valence-electron chi connectivity index (χ3n) is 5.83. The quantitative estimate of drug-likeness (QED) is 0.336. The molecule has 1 unspecified atom stereocenters. The van der Waals surface area contributed by atoms with Crippen molar-refractivity contribution in [3.05, 3.63) is 65.1 Å². The van der Waals surface area contributed by atoms with E-state index in [0.29, 0.717) is 16.7 Å². The van der Waals surface area contributed by atoms with Crippen molar-refractivity contribution in [2.45, 2.75) is 12.2 Å².